The highest BCUT2D eigenvalue weighted by Gasteiger charge is 2.49. The van der Waals surface area contributed by atoms with Crippen LogP contribution in [0.4, 0.5) is 0 Å². The number of likely N-dealkylation sites (N-methyl/N-ethyl adjacent to an activating group) is 1. The molecule has 0 aliphatic carbocycles. The molecule has 0 radical (unpaired) electrons. The fraction of sp³-hybridized carbons (Fsp3) is 0.650. The van der Waals surface area contributed by atoms with Gasteiger partial charge in [-0.05, 0) is 31.2 Å². The van der Waals surface area contributed by atoms with Crippen LogP contribution in [0, 0.1) is 11.3 Å². The first-order chi connectivity index (χ1) is 12.9. The third-order valence-electron chi connectivity index (χ3n) is 6.00. The highest BCUT2D eigenvalue weighted by molar-refractivity contribution is 5.73. The van der Waals surface area contributed by atoms with Crippen molar-refractivity contribution >= 4 is 5.97 Å². The number of ether oxygens (including phenoxy) is 4. The summed E-state index contributed by atoms with van der Waals surface area (Å²) >= 11 is 0. The molecule has 2 saturated heterocycles. The summed E-state index contributed by atoms with van der Waals surface area (Å²) in [4.78, 5) is 14.4. The number of nitrogens with zero attached hydrogens (tertiary/aromatic N) is 1. The molecule has 0 aromatic heterocycles. The van der Waals surface area contributed by atoms with E-state index in [0.717, 1.165) is 5.56 Å². The number of carboxylic acid groups (broad SMARTS) is 1. The molecule has 3 atom stereocenters. The van der Waals surface area contributed by atoms with Gasteiger partial charge in [0.25, 0.3) is 0 Å². The summed E-state index contributed by atoms with van der Waals surface area (Å²) < 4.78 is 22.3. The molecule has 2 fully saturated rings. The molecular formula is C20H27NO6. The topological polar surface area (TPSA) is 77.5 Å². The summed E-state index contributed by atoms with van der Waals surface area (Å²) in [7, 11) is 2.00. The fourth-order valence-electron chi connectivity index (χ4n) is 4.62. The van der Waals surface area contributed by atoms with Crippen LogP contribution < -0.4 is 9.47 Å². The Morgan fingerprint density at radius 1 is 1.22 bits per heavy atom. The summed E-state index contributed by atoms with van der Waals surface area (Å²) in [5.41, 5.74) is 0.708. The van der Waals surface area contributed by atoms with Crippen molar-refractivity contribution in [3.63, 3.8) is 0 Å². The molecule has 7 heteroatoms. The van der Waals surface area contributed by atoms with E-state index >= 15 is 0 Å². The molecule has 3 aliphatic rings. The minimum absolute atomic E-state index is 0.0966. The number of rotatable bonds is 5. The average Bonchev–Trinajstić information content (AvgIpc) is 3.34. The fourth-order valence-corrected chi connectivity index (χ4v) is 4.62. The van der Waals surface area contributed by atoms with Crippen LogP contribution >= 0.6 is 0 Å². The zero-order valence-electron chi connectivity index (χ0n) is 16.0. The molecule has 1 aromatic carbocycles. The first-order valence-corrected chi connectivity index (χ1v) is 9.42. The second-order valence-electron chi connectivity index (χ2n) is 8.36. The van der Waals surface area contributed by atoms with Gasteiger partial charge in [-0.1, -0.05) is 19.9 Å². The van der Waals surface area contributed by atoms with E-state index < -0.39 is 11.9 Å². The van der Waals surface area contributed by atoms with E-state index in [0.29, 0.717) is 37.7 Å². The van der Waals surface area contributed by atoms with Gasteiger partial charge in [0, 0.05) is 23.9 Å². The highest BCUT2D eigenvalue weighted by Crippen LogP contribution is 2.45. The van der Waals surface area contributed by atoms with Gasteiger partial charge in [-0.15, -0.1) is 0 Å². The molecule has 3 aliphatic heterocycles. The molecule has 3 heterocycles. The second-order valence-corrected chi connectivity index (χ2v) is 8.36. The summed E-state index contributed by atoms with van der Waals surface area (Å²) in [6.45, 7) is 6.26. The quantitative estimate of drug-likeness (QED) is 0.844. The summed E-state index contributed by atoms with van der Waals surface area (Å²) in [6, 6.07) is 5.65. The average molecular weight is 377 g/mol. The van der Waals surface area contributed by atoms with Crippen LogP contribution in [0.15, 0.2) is 18.2 Å². The van der Waals surface area contributed by atoms with E-state index in [1.54, 1.807) is 0 Å². The zero-order chi connectivity index (χ0) is 19.2. The van der Waals surface area contributed by atoms with E-state index in [1.807, 2.05) is 25.2 Å². The van der Waals surface area contributed by atoms with Gasteiger partial charge in [0.15, 0.2) is 17.8 Å². The normalized spacial score (nSPS) is 28.8. The van der Waals surface area contributed by atoms with Crippen molar-refractivity contribution in [2.75, 3.05) is 33.6 Å². The van der Waals surface area contributed by atoms with Gasteiger partial charge in [0.05, 0.1) is 19.1 Å². The van der Waals surface area contributed by atoms with Gasteiger partial charge in [0.2, 0.25) is 6.79 Å². The number of carboxylic acids is 1. The number of likely N-dealkylation sites (tertiary alicyclic amines) is 1. The summed E-state index contributed by atoms with van der Waals surface area (Å²) in [5.74, 6) is 0.0290. The Morgan fingerprint density at radius 3 is 2.63 bits per heavy atom. The van der Waals surface area contributed by atoms with Crippen LogP contribution in [-0.4, -0.2) is 61.9 Å². The smallest absolute Gasteiger partial charge is 0.308 e. The van der Waals surface area contributed by atoms with Gasteiger partial charge in [0.1, 0.15) is 0 Å². The predicted octanol–water partition coefficient (Wildman–Crippen LogP) is 2.30. The number of hydrogen-bond donors (Lipinski definition) is 1. The second kappa shape index (κ2) is 6.96. The van der Waals surface area contributed by atoms with Crippen LogP contribution in [-0.2, 0) is 14.3 Å². The van der Waals surface area contributed by atoms with Crippen molar-refractivity contribution in [3.05, 3.63) is 23.8 Å². The van der Waals surface area contributed by atoms with E-state index in [4.69, 9.17) is 18.9 Å². The third kappa shape index (κ3) is 3.39. The number of benzene rings is 1. The largest absolute Gasteiger partial charge is 0.481 e. The predicted molar refractivity (Wildman–Crippen MR) is 96.9 cm³/mol. The van der Waals surface area contributed by atoms with E-state index in [9.17, 15) is 9.90 Å². The molecule has 148 valence electrons. The molecule has 4 rings (SSSR count). The van der Waals surface area contributed by atoms with Crippen LogP contribution in [0.2, 0.25) is 0 Å². The Bertz CT molecular complexity index is 714. The van der Waals surface area contributed by atoms with Gasteiger partial charge in [-0.25, -0.2) is 0 Å². The van der Waals surface area contributed by atoms with Gasteiger partial charge in [-0.2, -0.15) is 0 Å². The lowest BCUT2D eigenvalue weighted by molar-refractivity contribution is -0.146. The first kappa shape index (κ1) is 18.5. The van der Waals surface area contributed by atoms with Crippen molar-refractivity contribution in [3.8, 4) is 11.5 Å². The molecule has 0 spiro atoms. The van der Waals surface area contributed by atoms with Crippen LogP contribution in [0.3, 0.4) is 0 Å². The molecular weight excluding hydrogens is 350 g/mol. The third-order valence-corrected chi connectivity index (χ3v) is 6.00. The van der Waals surface area contributed by atoms with Crippen molar-refractivity contribution in [2.24, 2.45) is 11.3 Å². The molecule has 7 nitrogen and oxygen atoms in total. The first-order valence-electron chi connectivity index (χ1n) is 9.42. The molecule has 0 amide bonds. The van der Waals surface area contributed by atoms with Gasteiger partial charge >= 0.3 is 5.97 Å². The Kier molecular flexibility index (Phi) is 4.78. The number of hydrogen-bond acceptors (Lipinski definition) is 6. The molecule has 3 unspecified atom stereocenters. The lowest BCUT2D eigenvalue weighted by Crippen LogP contribution is -2.41. The Balaban J connectivity index is 1.58. The van der Waals surface area contributed by atoms with Gasteiger partial charge < -0.3 is 29.0 Å². The lowest BCUT2D eigenvalue weighted by atomic mass is 9.77. The Morgan fingerprint density at radius 2 is 1.93 bits per heavy atom. The van der Waals surface area contributed by atoms with E-state index in [1.165, 1.54) is 0 Å². The van der Waals surface area contributed by atoms with Crippen molar-refractivity contribution in [2.45, 2.75) is 38.5 Å². The molecule has 0 saturated carbocycles. The summed E-state index contributed by atoms with van der Waals surface area (Å²) in [5, 5.41) is 10.0. The maximum Gasteiger partial charge on any atom is 0.308 e. The number of fused-ring (bicyclic) bond motifs is 1. The zero-order valence-corrected chi connectivity index (χ0v) is 16.0. The van der Waals surface area contributed by atoms with Crippen molar-refractivity contribution in [1.29, 1.82) is 0 Å². The van der Waals surface area contributed by atoms with Crippen LogP contribution in [0.5, 0.6) is 11.5 Å². The van der Waals surface area contributed by atoms with Gasteiger partial charge in [-0.3, -0.25) is 4.79 Å². The van der Waals surface area contributed by atoms with E-state index in [2.05, 4.69) is 18.7 Å². The molecule has 0 bridgehead atoms. The molecule has 1 N–H and O–H groups in total. The maximum atomic E-state index is 12.2. The summed E-state index contributed by atoms with van der Waals surface area (Å²) in [6.07, 6.45) is 0.400. The van der Waals surface area contributed by atoms with Crippen molar-refractivity contribution in [1.82, 2.24) is 4.90 Å². The minimum Gasteiger partial charge on any atom is -0.481 e. The highest BCUT2D eigenvalue weighted by atomic mass is 16.7. The van der Waals surface area contributed by atoms with Crippen molar-refractivity contribution < 1.29 is 28.8 Å². The van der Waals surface area contributed by atoms with Crippen LogP contribution in [0.25, 0.3) is 0 Å². The monoisotopic (exact) mass is 377 g/mol. The minimum atomic E-state index is -0.768. The SMILES string of the molecule is CN1CC(c2ccc3c(c2)OCO3)C(C(=O)O)C1CC(C)(C)C1OCCO1. The van der Waals surface area contributed by atoms with E-state index in [-0.39, 0.29) is 30.5 Å². The number of aliphatic carboxylic acids is 1. The molecule has 27 heavy (non-hydrogen) atoms. The van der Waals surface area contributed by atoms with Crippen LogP contribution in [0.1, 0.15) is 31.7 Å². The standard InChI is InChI=1S/C20H27NO6/c1-20(2,19-24-6-7-25-19)9-14-17(18(22)23)13(10-21(14)3)12-4-5-15-16(8-12)27-11-26-15/h4-5,8,13-14,17,19H,6-7,9-11H2,1-3H3,(H,22,23). The molecule has 1 aromatic rings. The Labute approximate surface area is 159 Å². The maximum absolute atomic E-state index is 12.2. The number of carbonyl (C=O) groups is 1. The lowest BCUT2D eigenvalue weighted by Gasteiger charge is -2.35. The Hall–Kier alpha value is -1.83.